The fourth-order valence-electron chi connectivity index (χ4n) is 4.98. The number of fused-ring (bicyclic) bond motifs is 2. The van der Waals surface area contributed by atoms with E-state index in [0.717, 1.165) is 66.7 Å². The quantitative estimate of drug-likeness (QED) is 0.232. The molecule has 0 N–H and O–H groups in total. The van der Waals surface area contributed by atoms with E-state index in [1.165, 1.54) is 29.3 Å². The van der Waals surface area contributed by atoms with Crippen molar-refractivity contribution in [1.29, 1.82) is 0 Å². The van der Waals surface area contributed by atoms with Crippen LogP contribution in [-0.4, -0.2) is 56.9 Å². The second kappa shape index (κ2) is 10.6. The zero-order valence-corrected chi connectivity index (χ0v) is 22.4. The van der Waals surface area contributed by atoms with Gasteiger partial charge in [-0.25, -0.2) is 9.97 Å². The highest BCUT2D eigenvalue weighted by molar-refractivity contribution is 8.93. The van der Waals surface area contributed by atoms with Crippen molar-refractivity contribution in [3.8, 4) is 21.8 Å². The van der Waals surface area contributed by atoms with Gasteiger partial charge >= 0.3 is 0 Å². The van der Waals surface area contributed by atoms with E-state index in [0.29, 0.717) is 0 Å². The molecule has 5 heterocycles. The largest absolute Gasteiger partial charge is 0.379 e. The van der Waals surface area contributed by atoms with E-state index in [1.807, 2.05) is 19.3 Å². The first-order valence-electron chi connectivity index (χ1n) is 12.0. The van der Waals surface area contributed by atoms with Gasteiger partial charge in [0.2, 0.25) is 0 Å². The van der Waals surface area contributed by atoms with E-state index < -0.39 is 0 Å². The number of benzene rings is 1. The highest BCUT2D eigenvalue weighted by Crippen LogP contribution is 2.37. The lowest BCUT2D eigenvalue weighted by atomic mass is 10.1. The molecule has 6 nitrogen and oxygen atoms in total. The summed E-state index contributed by atoms with van der Waals surface area (Å²) in [5.41, 5.74) is 5.65. The van der Waals surface area contributed by atoms with E-state index in [2.05, 4.69) is 67.1 Å². The minimum absolute atomic E-state index is 0. The molecule has 5 aromatic rings. The van der Waals surface area contributed by atoms with Gasteiger partial charge in [-0.1, -0.05) is 18.2 Å². The second-order valence-corrected chi connectivity index (χ2v) is 9.84. The molecule has 0 radical (unpaired) electrons. The Morgan fingerprint density at radius 1 is 0.943 bits per heavy atom. The summed E-state index contributed by atoms with van der Waals surface area (Å²) < 4.78 is 9.95. The molecule has 8 heteroatoms. The number of pyridine rings is 1. The molecule has 1 saturated heterocycles. The fraction of sp³-hybridized carbons (Fsp3) is 0.333. The number of unbranched alkanes of at least 4 members (excludes halogenated alkanes) is 1. The Morgan fingerprint density at radius 2 is 1.74 bits per heavy atom. The van der Waals surface area contributed by atoms with Crippen molar-refractivity contribution in [2.45, 2.75) is 19.4 Å². The van der Waals surface area contributed by atoms with Crippen LogP contribution in [0.15, 0.2) is 60.4 Å². The summed E-state index contributed by atoms with van der Waals surface area (Å²) in [7, 11) is 2.04. The van der Waals surface area contributed by atoms with Crippen LogP contribution in [0.25, 0.3) is 43.8 Å². The molecule has 1 aromatic carbocycles. The molecule has 6 rings (SSSR count). The number of nitrogens with zero attached hydrogens (tertiary/aromatic N) is 5. The first-order chi connectivity index (χ1) is 16.8. The molecule has 0 bridgehead atoms. The number of hydrogen-bond donors (Lipinski definition) is 0. The van der Waals surface area contributed by atoms with Gasteiger partial charge in [-0.3, -0.25) is 4.90 Å². The highest BCUT2D eigenvalue weighted by atomic mass is 79.9. The van der Waals surface area contributed by atoms with Crippen LogP contribution in [0.4, 0.5) is 0 Å². The molecule has 0 spiro atoms. The van der Waals surface area contributed by atoms with Gasteiger partial charge in [-0.2, -0.15) is 0 Å². The van der Waals surface area contributed by atoms with Crippen LogP contribution >= 0.6 is 28.3 Å². The van der Waals surface area contributed by atoms with Crippen molar-refractivity contribution in [2.24, 2.45) is 7.05 Å². The van der Waals surface area contributed by atoms with E-state index in [1.54, 1.807) is 11.3 Å². The normalized spacial score (nSPS) is 14.5. The number of halogens is 1. The monoisotopic (exact) mass is 551 g/mol. The molecule has 0 unspecified atom stereocenters. The van der Waals surface area contributed by atoms with Gasteiger partial charge in [0.15, 0.2) is 0 Å². The molecular formula is C27H30BrN5OS. The second-order valence-electron chi connectivity index (χ2n) is 8.98. The van der Waals surface area contributed by atoms with Crippen molar-refractivity contribution in [3.63, 3.8) is 0 Å². The van der Waals surface area contributed by atoms with Crippen LogP contribution in [0.1, 0.15) is 12.8 Å². The molecule has 182 valence electrons. The first-order valence-corrected chi connectivity index (χ1v) is 12.9. The zero-order chi connectivity index (χ0) is 22.9. The SMILES string of the molecule is Br.Cn1cc(-c2csc(-c3cn(CCCCN4CCOCC4)c4ccccc34)n2)c2cccnc21. The summed E-state index contributed by atoms with van der Waals surface area (Å²) in [6.07, 6.45) is 8.65. The summed E-state index contributed by atoms with van der Waals surface area (Å²) in [5, 5.41) is 5.66. The Hall–Kier alpha value is -2.52. The lowest BCUT2D eigenvalue weighted by molar-refractivity contribution is 0.0371. The van der Waals surface area contributed by atoms with Gasteiger partial charge in [0.1, 0.15) is 10.7 Å². The average Bonchev–Trinajstić information content (AvgIpc) is 3.59. The zero-order valence-electron chi connectivity index (χ0n) is 19.9. The highest BCUT2D eigenvalue weighted by Gasteiger charge is 2.17. The summed E-state index contributed by atoms with van der Waals surface area (Å²) in [4.78, 5) is 12.1. The third-order valence-electron chi connectivity index (χ3n) is 6.76. The molecule has 1 aliphatic heterocycles. The molecule has 0 saturated carbocycles. The van der Waals surface area contributed by atoms with Gasteiger partial charge in [0.05, 0.1) is 18.9 Å². The van der Waals surface area contributed by atoms with Gasteiger partial charge in [-0.15, -0.1) is 28.3 Å². The number of aromatic nitrogens is 4. The Kier molecular flexibility index (Phi) is 7.34. The van der Waals surface area contributed by atoms with Crippen LogP contribution in [-0.2, 0) is 18.3 Å². The Morgan fingerprint density at radius 3 is 2.63 bits per heavy atom. The van der Waals surface area contributed by atoms with Gasteiger partial charge in [0.25, 0.3) is 0 Å². The summed E-state index contributed by atoms with van der Waals surface area (Å²) in [5.74, 6) is 0. The Bertz CT molecular complexity index is 1430. The summed E-state index contributed by atoms with van der Waals surface area (Å²) in [6.45, 7) is 6.06. The van der Waals surface area contributed by atoms with Crippen molar-refractivity contribution >= 4 is 50.3 Å². The van der Waals surface area contributed by atoms with Crippen molar-refractivity contribution in [3.05, 3.63) is 60.4 Å². The van der Waals surface area contributed by atoms with Crippen LogP contribution in [0, 0.1) is 0 Å². The lowest BCUT2D eigenvalue weighted by Gasteiger charge is -2.26. The average molecular weight is 553 g/mol. The summed E-state index contributed by atoms with van der Waals surface area (Å²) in [6, 6.07) is 12.8. The number of ether oxygens (including phenoxy) is 1. The minimum atomic E-state index is 0. The lowest BCUT2D eigenvalue weighted by Crippen LogP contribution is -2.36. The fourth-order valence-corrected chi connectivity index (χ4v) is 5.83. The van der Waals surface area contributed by atoms with E-state index >= 15 is 0 Å². The first kappa shape index (κ1) is 24.2. The molecule has 35 heavy (non-hydrogen) atoms. The van der Waals surface area contributed by atoms with Crippen LogP contribution < -0.4 is 0 Å². The molecule has 0 atom stereocenters. The van der Waals surface area contributed by atoms with Crippen molar-refractivity contribution in [2.75, 3.05) is 32.8 Å². The maximum absolute atomic E-state index is 5.47. The Balaban J connectivity index is 0.00000253. The predicted molar refractivity (Wildman–Crippen MR) is 150 cm³/mol. The maximum atomic E-state index is 5.47. The molecule has 0 aliphatic carbocycles. The minimum Gasteiger partial charge on any atom is -0.379 e. The smallest absolute Gasteiger partial charge is 0.140 e. The van der Waals surface area contributed by atoms with Crippen LogP contribution in [0.3, 0.4) is 0 Å². The third-order valence-corrected chi connectivity index (χ3v) is 7.64. The molecule has 1 fully saturated rings. The Labute approximate surface area is 219 Å². The van der Waals surface area contributed by atoms with E-state index in [4.69, 9.17) is 9.72 Å². The number of para-hydroxylation sites is 1. The van der Waals surface area contributed by atoms with Crippen molar-refractivity contribution < 1.29 is 4.74 Å². The molecule has 0 amide bonds. The summed E-state index contributed by atoms with van der Waals surface area (Å²) >= 11 is 1.72. The third kappa shape index (κ3) is 4.80. The molecule has 4 aromatic heterocycles. The maximum Gasteiger partial charge on any atom is 0.140 e. The number of aryl methyl sites for hydroxylation is 2. The molecular weight excluding hydrogens is 522 g/mol. The van der Waals surface area contributed by atoms with Crippen molar-refractivity contribution in [1.82, 2.24) is 24.0 Å². The standard InChI is InChI=1S/C27H29N5OS.BrH/c1-30-17-22(21-8-6-10-28-26(21)30)24-19-34-27(29-24)23-18-32(25-9-3-2-7-20(23)25)12-5-4-11-31-13-15-33-16-14-31;/h2-3,6-10,17-19H,4-5,11-16H2,1H3;1H. The van der Waals surface area contributed by atoms with Gasteiger partial charge in [0, 0.05) is 78.1 Å². The molecule has 1 aliphatic rings. The van der Waals surface area contributed by atoms with Crippen LogP contribution in [0.2, 0.25) is 0 Å². The van der Waals surface area contributed by atoms with E-state index in [9.17, 15) is 0 Å². The number of thiazole rings is 1. The van der Waals surface area contributed by atoms with Gasteiger partial charge in [-0.05, 0) is 37.6 Å². The van der Waals surface area contributed by atoms with Crippen LogP contribution in [0.5, 0.6) is 0 Å². The van der Waals surface area contributed by atoms with E-state index in [-0.39, 0.29) is 17.0 Å². The number of hydrogen-bond acceptors (Lipinski definition) is 5. The number of rotatable bonds is 7. The predicted octanol–water partition coefficient (Wildman–Crippen LogP) is 6.01. The number of morpholine rings is 1. The topological polar surface area (TPSA) is 48.1 Å². The van der Waals surface area contributed by atoms with Gasteiger partial charge < -0.3 is 13.9 Å².